The van der Waals surface area contributed by atoms with Crippen molar-refractivity contribution in [2.24, 2.45) is 0 Å². The van der Waals surface area contributed by atoms with Gasteiger partial charge in [0.25, 0.3) is 5.91 Å². The Bertz CT molecular complexity index is 1130. The molecule has 0 aliphatic carbocycles. The van der Waals surface area contributed by atoms with Crippen LogP contribution in [0.3, 0.4) is 0 Å². The van der Waals surface area contributed by atoms with Crippen molar-refractivity contribution in [1.82, 2.24) is 5.32 Å². The van der Waals surface area contributed by atoms with Crippen LogP contribution in [0.25, 0.3) is 0 Å². The lowest BCUT2D eigenvalue weighted by molar-refractivity contribution is 0.0981. The number of benzene rings is 3. The van der Waals surface area contributed by atoms with Crippen molar-refractivity contribution in [1.29, 1.82) is 0 Å². The normalized spacial score (nSPS) is 14.8. The highest BCUT2D eigenvalue weighted by atomic mass is 35.5. The van der Waals surface area contributed by atoms with Crippen molar-refractivity contribution in [3.05, 3.63) is 94.0 Å². The molecule has 2 N–H and O–H groups in total. The number of aryl methyl sites for hydroxylation is 1. The van der Waals surface area contributed by atoms with E-state index in [2.05, 4.69) is 17.6 Å². The zero-order chi connectivity index (χ0) is 22.0. The molecule has 1 aliphatic heterocycles. The third kappa shape index (κ3) is 4.57. The molecule has 4 rings (SSSR count). The van der Waals surface area contributed by atoms with Gasteiger partial charge in [-0.05, 0) is 67.3 Å². The van der Waals surface area contributed by atoms with Gasteiger partial charge in [0.15, 0.2) is 0 Å². The van der Waals surface area contributed by atoms with Crippen LogP contribution in [0, 0.1) is 6.92 Å². The van der Waals surface area contributed by atoms with E-state index in [0.29, 0.717) is 22.8 Å². The summed E-state index contributed by atoms with van der Waals surface area (Å²) >= 11 is 6.12. The summed E-state index contributed by atoms with van der Waals surface area (Å²) < 4.78 is 0. The number of nitrogens with zero attached hydrogens (tertiary/aromatic N) is 1. The third-order valence-electron chi connectivity index (χ3n) is 5.49. The average molecular weight is 434 g/mol. The molecule has 0 aromatic heterocycles. The minimum atomic E-state index is -0.314. The monoisotopic (exact) mass is 433 g/mol. The van der Waals surface area contributed by atoms with Crippen LogP contribution in [0.5, 0.6) is 0 Å². The van der Waals surface area contributed by atoms with Crippen molar-refractivity contribution in [2.45, 2.75) is 32.9 Å². The first kappa shape index (κ1) is 20.9. The Balaban J connectivity index is 1.45. The topological polar surface area (TPSA) is 61.4 Å². The smallest absolute Gasteiger partial charge is 0.319 e. The standard InChI is InChI=1S/C25H24ClN3O2/c1-16-8-11-21(14-22(16)26)28-25(31)27-15-18-9-10-20-12-17(2)29(23(20)13-18)24(30)19-6-4-3-5-7-19/h3-11,13-14,17H,12,15H2,1-2H3,(H2,27,28,31)/t17-/m0/s1. The van der Waals surface area contributed by atoms with Gasteiger partial charge in [-0.2, -0.15) is 0 Å². The minimum Gasteiger partial charge on any atom is -0.334 e. The number of fused-ring (bicyclic) bond motifs is 1. The predicted molar refractivity (Wildman–Crippen MR) is 125 cm³/mol. The Morgan fingerprint density at radius 3 is 2.58 bits per heavy atom. The number of urea groups is 1. The van der Waals surface area contributed by atoms with Crippen molar-refractivity contribution < 1.29 is 9.59 Å². The number of halogens is 1. The zero-order valence-corrected chi connectivity index (χ0v) is 18.2. The fourth-order valence-corrected chi connectivity index (χ4v) is 4.00. The molecule has 158 valence electrons. The second-order valence-corrected chi connectivity index (χ2v) is 8.24. The van der Waals surface area contributed by atoms with Crippen LogP contribution in [0.4, 0.5) is 16.2 Å². The molecule has 0 unspecified atom stereocenters. The molecule has 0 spiro atoms. The molecule has 3 aromatic carbocycles. The maximum Gasteiger partial charge on any atom is 0.319 e. The van der Waals surface area contributed by atoms with E-state index < -0.39 is 0 Å². The summed E-state index contributed by atoms with van der Waals surface area (Å²) in [5.41, 5.74) is 5.23. The van der Waals surface area contributed by atoms with Gasteiger partial charge in [0, 0.05) is 34.5 Å². The van der Waals surface area contributed by atoms with E-state index in [1.165, 1.54) is 0 Å². The van der Waals surface area contributed by atoms with Gasteiger partial charge < -0.3 is 15.5 Å². The molecule has 0 saturated carbocycles. The van der Waals surface area contributed by atoms with Gasteiger partial charge in [-0.25, -0.2) is 4.79 Å². The summed E-state index contributed by atoms with van der Waals surface area (Å²) in [6.07, 6.45) is 0.816. The van der Waals surface area contributed by atoms with E-state index in [-0.39, 0.29) is 18.0 Å². The first-order valence-corrected chi connectivity index (χ1v) is 10.6. The number of carbonyl (C=O) groups excluding carboxylic acids is 2. The van der Waals surface area contributed by atoms with Gasteiger partial charge in [-0.3, -0.25) is 4.79 Å². The van der Waals surface area contributed by atoms with Crippen molar-refractivity contribution in [3.63, 3.8) is 0 Å². The Hall–Kier alpha value is -3.31. The molecule has 0 bridgehead atoms. The summed E-state index contributed by atoms with van der Waals surface area (Å²) in [5, 5.41) is 6.26. The van der Waals surface area contributed by atoms with Crippen LogP contribution >= 0.6 is 11.6 Å². The molecule has 0 saturated heterocycles. The Labute approximate surface area is 187 Å². The molecular weight excluding hydrogens is 410 g/mol. The largest absolute Gasteiger partial charge is 0.334 e. The van der Waals surface area contributed by atoms with Crippen molar-refractivity contribution in [3.8, 4) is 0 Å². The van der Waals surface area contributed by atoms with Crippen LogP contribution in [0.1, 0.15) is 34.0 Å². The molecule has 3 aromatic rings. The maximum absolute atomic E-state index is 13.1. The molecule has 31 heavy (non-hydrogen) atoms. The molecular formula is C25H24ClN3O2. The fraction of sp³-hybridized carbons (Fsp3) is 0.200. The van der Waals surface area contributed by atoms with E-state index in [1.807, 2.05) is 72.5 Å². The van der Waals surface area contributed by atoms with Crippen molar-refractivity contribution >= 4 is 34.9 Å². The van der Waals surface area contributed by atoms with Gasteiger partial charge in [0.05, 0.1) is 0 Å². The van der Waals surface area contributed by atoms with E-state index in [1.54, 1.807) is 6.07 Å². The number of amides is 3. The second kappa shape index (κ2) is 8.82. The lowest BCUT2D eigenvalue weighted by Crippen LogP contribution is -2.35. The molecule has 5 nitrogen and oxygen atoms in total. The lowest BCUT2D eigenvalue weighted by atomic mass is 10.1. The summed E-state index contributed by atoms with van der Waals surface area (Å²) in [7, 11) is 0. The van der Waals surface area contributed by atoms with Crippen molar-refractivity contribution in [2.75, 3.05) is 10.2 Å². The van der Waals surface area contributed by atoms with E-state index in [9.17, 15) is 9.59 Å². The summed E-state index contributed by atoms with van der Waals surface area (Å²) in [5.74, 6) is -0.00838. The number of nitrogens with one attached hydrogen (secondary N) is 2. The molecule has 6 heteroatoms. The summed E-state index contributed by atoms with van der Waals surface area (Å²) in [4.78, 5) is 27.2. The van der Waals surface area contributed by atoms with Crippen LogP contribution in [0.2, 0.25) is 5.02 Å². The van der Waals surface area contributed by atoms with Crippen LogP contribution < -0.4 is 15.5 Å². The molecule has 3 amide bonds. The molecule has 1 aliphatic rings. The Morgan fingerprint density at radius 1 is 1.06 bits per heavy atom. The SMILES string of the molecule is Cc1ccc(NC(=O)NCc2ccc3c(c2)N(C(=O)c2ccccc2)[C@@H](C)C3)cc1Cl. The number of rotatable bonds is 4. The van der Waals surface area contributed by atoms with E-state index in [0.717, 1.165) is 28.8 Å². The Kier molecular flexibility index (Phi) is 5.96. The molecule has 0 fully saturated rings. The Morgan fingerprint density at radius 2 is 1.84 bits per heavy atom. The summed E-state index contributed by atoms with van der Waals surface area (Å²) in [6.45, 7) is 4.31. The fourth-order valence-electron chi connectivity index (χ4n) is 3.82. The quantitative estimate of drug-likeness (QED) is 0.565. The molecule has 1 atom stereocenters. The zero-order valence-electron chi connectivity index (χ0n) is 17.5. The van der Waals surface area contributed by atoms with Gasteiger partial charge >= 0.3 is 6.03 Å². The van der Waals surface area contributed by atoms with Gasteiger partial charge in [0.1, 0.15) is 0 Å². The maximum atomic E-state index is 13.1. The number of hydrogen-bond donors (Lipinski definition) is 2. The molecule has 1 heterocycles. The van der Waals surface area contributed by atoms with Crippen LogP contribution in [-0.4, -0.2) is 18.0 Å². The number of anilines is 2. The first-order chi connectivity index (χ1) is 14.9. The highest BCUT2D eigenvalue weighted by molar-refractivity contribution is 6.31. The van der Waals surface area contributed by atoms with Crippen LogP contribution in [-0.2, 0) is 13.0 Å². The number of hydrogen-bond acceptors (Lipinski definition) is 2. The second-order valence-electron chi connectivity index (χ2n) is 7.83. The van der Waals surface area contributed by atoms with Gasteiger partial charge in [-0.1, -0.05) is 48.0 Å². The minimum absolute atomic E-state index is 0.00838. The first-order valence-electron chi connectivity index (χ1n) is 10.2. The predicted octanol–water partition coefficient (Wildman–Crippen LogP) is 5.56. The molecule has 0 radical (unpaired) electrons. The van der Waals surface area contributed by atoms with E-state index in [4.69, 9.17) is 11.6 Å². The summed E-state index contributed by atoms with van der Waals surface area (Å²) in [6, 6.07) is 20.5. The third-order valence-corrected chi connectivity index (χ3v) is 5.89. The average Bonchev–Trinajstić information content (AvgIpc) is 3.10. The van der Waals surface area contributed by atoms with Gasteiger partial charge in [0.2, 0.25) is 0 Å². The lowest BCUT2D eigenvalue weighted by Gasteiger charge is -2.23. The number of carbonyl (C=O) groups is 2. The highest BCUT2D eigenvalue weighted by Gasteiger charge is 2.31. The van der Waals surface area contributed by atoms with E-state index >= 15 is 0 Å². The van der Waals surface area contributed by atoms with Gasteiger partial charge in [-0.15, -0.1) is 0 Å². The highest BCUT2D eigenvalue weighted by Crippen LogP contribution is 2.34. The van der Waals surface area contributed by atoms with Crippen LogP contribution in [0.15, 0.2) is 66.7 Å².